The number of fused-ring (bicyclic) bond motifs is 1. The molecule has 2 saturated heterocycles. The smallest absolute Gasteiger partial charge is 0.410 e. The van der Waals surface area contributed by atoms with Crippen LogP contribution in [0, 0.1) is 26.2 Å². The van der Waals surface area contributed by atoms with Crippen LogP contribution in [0.1, 0.15) is 82.1 Å². The zero-order chi connectivity index (χ0) is 31.0. The second-order valence-corrected chi connectivity index (χ2v) is 14.4. The molecule has 3 aliphatic rings. The molecule has 1 atom stereocenters. The van der Waals surface area contributed by atoms with Crippen molar-refractivity contribution in [3.05, 3.63) is 52.6 Å². The summed E-state index contributed by atoms with van der Waals surface area (Å²) in [6.45, 7) is 14.2. The summed E-state index contributed by atoms with van der Waals surface area (Å²) in [5, 5.41) is 11.8. The number of aromatic nitrogens is 5. The van der Waals surface area contributed by atoms with Gasteiger partial charge in [-0.1, -0.05) is 11.6 Å². The molecule has 1 aliphatic carbocycles. The Morgan fingerprint density at radius 3 is 2.57 bits per heavy atom. The molecule has 3 aromatic heterocycles. The van der Waals surface area contributed by atoms with Gasteiger partial charge in [0.25, 0.3) is 0 Å². The first-order chi connectivity index (χ1) is 20.9. The summed E-state index contributed by atoms with van der Waals surface area (Å²) in [6.07, 6.45) is 8.53. The van der Waals surface area contributed by atoms with Gasteiger partial charge < -0.3 is 14.4 Å². The van der Waals surface area contributed by atoms with Crippen molar-refractivity contribution in [3.63, 3.8) is 0 Å². The SMILES string of the molecule is Cc1cc2c(cnn2C2CCCCO2)c(-c2c(-c3cccnc3C)nn(C3CC4(C3)CN(C(=O)OC(C)(C)C)C4)c2C)c1Cl. The lowest BCUT2D eigenvalue weighted by Gasteiger charge is -2.58. The van der Waals surface area contributed by atoms with E-state index in [2.05, 4.69) is 35.6 Å². The monoisotopic (exact) mass is 616 g/mol. The summed E-state index contributed by atoms with van der Waals surface area (Å²) in [5.41, 5.74) is 7.49. The highest BCUT2D eigenvalue weighted by Gasteiger charge is 2.55. The van der Waals surface area contributed by atoms with Gasteiger partial charge in [-0.3, -0.25) is 9.67 Å². The topological polar surface area (TPSA) is 87.3 Å². The second-order valence-electron chi connectivity index (χ2n) is 14.0. The van der Waals surface area contributed by atoms with Crippen LogP contribution in [-0.2, 0) is 9.47 Å². The standard InChI is InChI=1S/C34H41ClN6O3/c1-20-14-26-25(17-37-41(26)27-11-7-8-13-43-27)29(30(20)35)28-22(3)40(38-31(28)24-10-9-12-36-21(24)2)23-15-34(16-23)18-39(19-34)32(42)44-33(4,5)6/h9-10,12,14,17,23,27H,7-8,11,13,15-16,18-19H2,1-6H3. The number of likely N-dealkylation sites (tertiary alicyclic amines) is 1. The molecule has 1 amide bonds. The minimum Gasteiger partial charge on any atom is -0.444 e. The van der Waals surface area contributed by atoms with Gasteiger partial charge in [0, 0.05) is 64.8 Å². The Morgan fingerprint density at radius 1 is 1.11 bits per heavy atom. The number of rotatable bonds is 4. The molecule has 0 bridgehead atoms. The Kier molecular flexibility index (Phi) is 7.05. The molecule has 10 heteroatoms. The first kappa shape index (κ1) is 29.3. The maximum Gasteiger partial charge on any atom is 0.410 e. The highest BCUT2D eigenvalue weighted by molar-refractivity contribution is 6.36. The Balaban J connectivity index is 1.28. The molecule has 1 saturated carbocycles. The second kappa shape index (κ2) is 10.6. The van der Waals surface area contributed by atoms with Crippen molar-refractivity contribution in [1.29, 1.82) is 0 Å². The lowest BCUT2D eigenvalue weighted by atomic mass is 9.61. The van der Waals surface area contributed by atoms with Crippen LogP contribution >= 0.6 is 11.6 Å². The van der Waals surface area contributed by atoms with Gasteiger partial charge in [-0.05, 0) is 97.4 Å². The maximum absolute atomic E-state index is 12.6. The van der Waals surface area contributed by atoms with Gasteiger partial charge in [0.15, 0.2) is 6.23 Å². The van der Waals surface area contributed by atoms with Gasteiger partial charge >= 0.3 is 6.09 Å². The van der Waals surface area contributed by atoms with Crippen molar-refractivity contribution in [1.82, 2.24) is 29.4 Å². The average Bonchev–Trinajstić information content (AvgIpc) is 3.49. The van der Waals surface area contributed by atoms with Crippen molar-refractivity contribution < 1.29 is 14.3 Å². The van der Waals surface area contributed by atoms with E-state index < -0.39 is 5.60 Å². The third kappa shape index (κ3) is 4.88. The van der Waals surface area contributed by atoms with E-state index in [4.69, 9.17) is 31.3 Å². The summed E-state index contributed by atoms with van der Waals surface area (Å²) < 4.78 is 15.9. The van der Waals surface area contributed by atoms with E-state index in [1.54, 1.807) is 0 Å². The Bertz CT molecular complexity index is 1750. The van der Waals surface area contributed by atoms with E-state index in [-0.39, 0.29) is 23.8 Å². The van der Waals surface area contributed by atoms with Crippen LogP contribution in [0.5, 0.6) is 0 Å². The minimum atomic E-state index is -0.492. The van der Waals surface area contributed by atoms with Crippen LogP contribution in [0.3, 0.4) is 0 Å². The fourth-order valence-electron chi connectivity index (χ4n) is 7.37. The number of hydrogen-bond donors (Lipinski definition) is 0. The summed E-state index contributed by atoms with van der Waals surface area (Å²) in [6, 6.07) is 6.41. The molecule has 7 rings (SSSR count). The van der Waals surface area contributed by atoms with Gasteiger partial charge in [0.2, 0.25) is 0 Å². The zero-order valence-electron chi connectivity index (χ0n) is 26.5. The van der Waals surface area contributed by atoms with E-state index in [0.29, 0.717) is 5.02 Å². The van der Waals surface area contributed by atoms with Crippen LogP contribution in [0.2, 0.25) is 5.02 Å². The van der Waals surface area contributed by atoms with Gasteiger partial charge in [-0.15, -0.1) is 0 Å². The van der Waals surface area contributed by atoms with Crippen LogP contribution in [-0.4, -0.2) is 60.8 Å². The molecule has 44 heavy (non-hydrogen) atoms. The molecule has 1 aromatic carbocycles. The number of amides is 1. The number of ether oxygens (including phenoxy) is 2. The molecule has 1 spiro atoms. The predicted octanol–water partition coefficient (Wildman–Crippen LogP) is 7.81. The molecular weight excluding hydrogens is 576 g/mol. The molecular formula is C34H41ClN6O3. The number of carbonyl (C=O) groups excluding carboxylic acids is 1. The Hall–Kier alpha value is -3.43. The summed E-state index contributed by atoms with van der Waals surface area (Å²) in [5.74, 6) is 0. The van der Waals surface area contributed by atoms with Gasteiger partial charge in [-0.25, -0.2) is 9.48 Å². The van der Waals surface area contributed by atoms with E-state index in [1.807, 2.05) is 55.7 Å². The fourth-order valence-corrected chi connectivity index (χ4v) is 7.62. The molecule has 2 aliphatic heterocycles. The quantitative estimate of drug-likeness (QED) is 0.232. The van der Waals surface area contributed by atoms with E-state index in [0.717, 1.165) is 102 Å². The average molecular weight is 617 g/mol. The minimum absolute atomic E-state index is 0.0765. The number of aryl methyl sites for hydroxylation is 2. The highest BCUT2D eigenvalue weighted by Crippen LogP contribution is 2.55. The van der Waals surface area contributed by atoms with Crippen LogP contribution in [0.25, 0.3) is 33.3 Å². The van der Waals surface area contributed by atoms with E-state index in [9.17, 15) is 4.79 Å². The normalized spacial score (nSPS) is 20.2. The van der Waals surface area contributed by atoms with Crippen molar-refractivity contribution in [2.24, 2.45) is 5.41 Å². The molecule has 0 N–H and O–H groups in total. The number of nitrogens with zero attached hydrogens (tertiary/aromatic N) is 6. The van der Waals surface area contributed by atoms with Gasteiger partial charge in [0.05, 0.1) is 22.8 Å². The first-order valence-corrected chi connectivity index (χ1v) is 16.1. The molecule has 4 aromatic rings. The fraction of sp³-hybridized carbons (Fsp3) is 0.529. The van der Waals surface area contributed by atoms with Gasteiger partial charge in [0.1, 0.15) is 11.3 Å². The molecule has 0 radical (unpaired) electrons. The molecule has 3 fully saturated rings. The predicted molar refractivity (Wildman–Crippen MR) is 171 cm³/mol. The lowest BCUT2D eigenvalue weighted by molar-refractivity contribution is -0.0930. The lowest BCUT2D eigenvalue weighted by Crippen LogP contribution is -2.64. The van der Waals surface area contributed by atoms with E-state index >= 15 is 0 Å². The Morgan fingerprint density at radius 2 is 1.89 bits per heavy atom. The molecule has 5 heterocycles. The zero-order valence-corrected chi connectivity index (χ0v) is 27.2. The number of halogens is 1. The van der Waals surface area contributed by atoms with E-state index in [1.165, 1.54) is 0 Å². The van der Waals surface area contributed by atoms with Crippen LogP contribution < -0.4 is 0 Å². The van der Waals surface area contributed by atoms with Gasteiger partial charge in [-0.2, -0.15) is 10.2 Å². The number of benzene rings is 1. The summed E-state index contributed by atoms with van der Waals surface area (Å²) in [7, 11) is 0. The third-order valence-electron chi connectivity index (χ3n) is 9.50. The van der Waals surface area contributed by atoms with Crippen molar-refractivity contribution in [2.45, 2.75) is 91.5 Å². The van der Waals surface area contributed by atoms with Crippen LogP contribution in [0.4, 0.5) is 4.79 Å². The first-order valence-electron chi connectivity index (χ1n) is 15.7. The van der Waals surface area contributed by atoms with Crippen molar-refractivity contribution in [3.8, 4) is 22.4 Å². The molecule has 1 unspecified atom stereocenters. The largest absolute Gasteiger partial charge is 0.444 e. The third-order valence-corrected chi connectivity index (χ3v) is 9.99. The summed E-state index contributed by atoms with van der Waals surface area (Å²) in [4.78, 5) is 19.0. The highest BCUT2D eigenvalue weighted by atomic mass is 35.5. The van der Waals surface area contributed by atoms with Crippen molar-refractivity contribution >= 4 is 28.6 Å². The molecule has 232 valence electrons. The van der Waals surface area contributed by atoms with Crippen molar-refractivity contribution in [2.75, 3.05) is 19.7 Å². The number of carbonyl (C=O) groups is 1. The molecule has 9 nitrogen and oxygen atoms in total. The van der Waals surface area contributed by atoms with Crippen LogP contribution in [0.15, 0.2) is 30.6 Å². The maximum atomic E-state index is 12.6. The Labute approximate surface area is 263 Å². The number of hydrogen-bond acceptors (Lipinski definition) is 6. The number of pyridine rings is 1. The summed E-state index contributed by atoms with van der Waals surface area (Å²) >= 11 is 7.21.